The Morgan fingerprint density at radius 3 is 2.33 bits per heavy atom. The van der Waals surface area contributed by atoms with Crippen molar-refractivity contribution >= 4 is 29.6 Å². The van der Waals surface area contributed by atoms with E-state index >= 15 is 0 Å². The van der Waals surface area contributed by atoms with Gasteiger partial charge in [-0.1, -0.05) is 6.08 Å². The number of carbonyl (C=O) groups excluding carboxylic acids is 3. The molecule has 0 heterocycles. The highest BCUT2D eigenvalue weighted by molar-refractivity contribution is 7.98. The quantitative estimate of drug-likeness (QED) is 0.273. The molecular formula is C8H10O3S. The average Bonchev–Trinajstić information content (AvgIpc) is 2.11. The molecule has 3 nitrogen and oxygen atoms in total. The minimum absolute atomic E-state index is 0.0478. The third-order valence-corrected chi connectivity index (χ3v) is 1.87. The lowest BCUT2D eigenvalue weighted by Crippen LogP contribution is -2.18. The second-order valence-electron chi connectivity index (χ2n) is 2.06. The van der Waals surface area contributed by atoms with Crippen LogP contribution in [-0.2, 0) is 14.4 Å². The number of ketones is 2. The van der Waals surface area contributed by atoms with Gasteiger partial charge >= 0.3 is 0 Å². The van der Waals surface area contributed by atoms with Crippen molar-refractivity contribution in [3.63, 3.8) is 0 Å². The third-order valence-electron chi connectivity index (χ3n) is 1.27. The molecule has 0 aliphatic rings. The molecule has 0 rings (SSSR count). The fourth-order valence-electron chi connectivity index (χ4n) is 0.647. The van der Waals surface area contributed by atoms with Crippen molar-refractivity contribution in [3.05, 3.63) is 11.6 Å². The summed E-state index contributed by atoms with van der Waals surface area (Å²) >= 11 is 1.43. The van der Waals surface area contributed by atoms with Crippen LogP contribution < -0.4 is 0 Å². The maximum atomic E-state index is 11.0. The maximum Gasteiger partial charge on any atom is 0.265 e. The molecule has 0 aromatic heterocycles. The Morgan fingerprint density at radius 2 is 2.00 bits per heavy atom. The fourth-order valence-corrected chi connectivity index (χ4v) is 1.26. The van der Waals surface area contributed by atoms with Gasteiger partial charge in [-0.3, -0.25) is 14.4 Å². The second kappa shape index (κ2) is 5.71. The predicted octanol–water partition coefficient (Wildman–Crippen LogP) is 0.633. The summed E-state index contributed by atoms with van der Waals surface area (Å²) < 4.78 is 0. The summed E-state index contributed by atoms with van der Waals surface area (Å²) in [6.07, 6.45) is 3.43. The van der Waals surface area contributed by atoms with Gasteiger partial charge in [-0.2, -0.15) is 11.8 Å². The molecule has 0 atom stereocenters. The zero-order chi connectivity index (χ0) is 9.56. The summed E-state index contributed by atoms with van der Waals surface area (Å²) in [5.41, 5.74) is 0.389. The van der Waals surface area contributed by atoms with Gasteiger partial charge < -0.3 is 0 Å². The molecule has 0 radical (unpaired) electrons. The molecule has 66 valence electrons. The van der Waals surface area contributed by atoms with Gasteiger partial charge in [0.2, 0.25) is 5.78 Å². The SMILES string of the molecule is C/C=C(/CSC)C(=O)C(=O)C=O. The standard InChI is InChI=1S/C8H10O3S/c1-3-6(5-12-2)8(11)7(10)4-9/h3-4H,5H2,1-2H3/b6-3-. The van der Waals surface area contributed by atoms with Crippen molar-refractivity contribution in [2.24, 2.45) is 0 Å². The van der Waals surface area contributed by atoms with E-state index in [1.54, 1.807) is 13.0 Å². The lowest BCUT2D eigenvalue weighted by molar-refractivity contribution is -0.138. The normalized spacial score (nSPS) is 11.0. The Labute approximate surface area is 75.2 Å². The van der Waals surface area contributed by atoms with Gasteiger partial charge in [0.25, 0.3) is 5.78 Å². The molecule has 12 heavy (non-hydrogen) atoms. The molecular weight excluding hydrogens is 176 g/mol. The summed E-state index contributed by atoms with van der Waals surface area (Å²) in [6, 6.07) is 0. The number of rotatable bonds is 5. The average molecular weight is 186 g/mol. The van der Waals surface area contributed by atoms with Crippen molar-refractivity contribution in [2.45, 2.75) is 6.92 Å². The highest BCUT2D eigenvalue weighted by atomic mass is 32.2. The summed E-state index contributed by atoms with van der Waals surface area (Å²) in [6.45, 7) is 1.67. The van der Waals surface area contributed by atoms with Crippen LogP contribution in [0.3, 0.4) is 0 Å². The van der Waals surface area contributed by atoms with Crippen LogP contribution in [-0.4, -0.2) is 29.9 Å². The zero-order valence-electron chi connectivity index (χ0n) is 6.99. The van der Waals surface area contributed by atoms with Crippen LogP contribution in [0.15, 0.2) is 11.6 Å². The lowest BCUT2D eigenvalue weighted by atomic mass is 10.1. The van der Waals surface area contributed by atoms with Crippen molar-refractivity contribution in [2.75, 3.05) is 12.0 Å². The van der Waals surface area contributed by atoms with E-state index in [1.165, 1.54) is 11.8 Å². The number of allylic oxidation sites excluding steroid dienone is 1. The van der Waals surface area contributed by atoms with Gasteiger partial charge in [-0.05, 0) is 13.2 Å². The molecule has 0 fully saturated rings. The molecule has 0 aliphatic carbocycles. The largest absolute Gasteiger partial charge is 0.294 e. The first kappa shape index (κ1) is 11.1. The van der Waals surface area contributed by atoms with Crippen LogP contribution in [0.5, 0.6) is 0 Å². The van der Waals surface area contributed by atoms with E-state index in [2.05, 4.69) is 0 Å². The van der Waals surface area contributed by atoms with Crippen LogP contribution in [0.1, 0.15) is 6.92 Å². The molecule has 0 bridgehead atoms. The molecule has 0 saturated carbocycles. The van der Waals surface area contributed by atoms with Crippen molar-refractivity contribution in [1.82, 2.24) is 0 Å². The first-order valence-electron chi connectivity index (χ1n) is 3.35. The van der Waals surface area contributed by atoms with Gasteiger partial charge in [-0.25, -0.2) is 0 Å². The van der Waals surface area contributed by atoms with Gasteiger partial charge in [0.15, 0.2) is 6.29 Å². The maximum absolute atomic E-state index is 11.0. The Bertz CT molecular complexity index is 230. The van der Waals surface area contributed by atoms with E-state index in [0.29, 0.717) is 11.3 Å². The van der Waals surface area contributed by atoms with Crippen molar-refractivity contribution in [1.29, 1.82) is 0 Å². The van der Waals surface area contributed by atoms with Gasteiger partial charge in [-0.15, -0.1) is 0 Å². The van der Waals surface area contributed by atoms with Gasteiger partial charge in [0.05, 0.1) is 0 Å². The van der Waals surface area contributed by atoms with E-state index in [9.17, 15) is 14.4 Å². The fraction of sp³-hybridized carbons (Fsp3) is 0.375. The van der Waals surface area contributed by atoms with Crippen molar-refractivity contribution in [3.8, 4) is 0 Å². The molecule has 0 aromatic carbocycles. The monoisotopic (exact) mass is 186 g/mol. The topological polar surface area (TPSA) is 51.2 Å². The van der Waals surface area contributed by atoms with Crippen LogP contribution in [0.25, 0.3) is 0 Å². The summed E-state index contributed by atoms with van der Waals surface area (Å²) in [5.74, 6) is -1.20. The van der Waals surface area contributed by atoms with E-state index < -0.39 is 11.6 Å². The zero-order valence-corrected chi connectivity index (χ0v) is 7.81. The smallest absolute Gasteiger partial charge is 0.265 e. The number of carbonyl (C=O) groups is 3. The van der Waals surface area contributed by atoms with Crippen LogP contribution in [0, 0.1) is 0 Å². The van der Waals surface area contributed by atoms with E-state index in [-0.39, 0.29) is 6.29 Å². The van der Waals surface area contributed by atoms with Crippen LogP contribution in [0.4, 0.5) is 0 Å². The number of thioether (sulfide) groups is 1. The highest BCUT2D eigenvalue weighted by Gasteiger charge is 2.16. The van der Waals surface area contributed by atoms with Crippen LogP contribution in [0.2, 0.25) is 0 Å². The molecule has 0 aromatic rings. The molecule has 0 aliphatic heterocycles. The third kappa shape index (κ3) is 3.00. The van der Waals surface area contributed by atoms with E-state index in [1.807, 2.05) is 6.26 Å². The summed E-state index contributed by atoms with van der Waals surface area (Å²) in [5, 5.41) is 0. The Morgan fingerprint density at radius 1 is 1.42 bits per heavy atom. The van der Waals surface area contributed by atoms with Crippen molar-refractivity contribution < 1.29 is 14.4 Å². The predicted molar refractivity (Wildman–Crippen MR) is 48.2 cm³/mol. The van der Waals surface area contributed by atoms with Crippen LogP contribution >= 0.6 is 11.8 Å². The molecule has 0 unspecified atom stereocenters. The number of Topliss-reactive ketones (excluding diaryl/α,β-unsaturated/α-hetero) is 2. The number of aldehydes is 1. The van der Waals surface area contributed by atoms with Gasteiger partial charge in [0, 0.05) is 11.3 Å². The molecule has 0 amide bonds. The second-order valence-corrected chi connectivity index (χ2v) is 2.92. The van der Waals surface area contributed by atoms with E-state index in [4.69, 9.17) is 0 Å². The molecule has 0 N–H and O–H groups in total. The highest BCUT2D eigenvalue weighted by Crippen LogP contribution is 2.05. The lowest BCUT2D eigenvalue weighted by Gasteiger charge is -1.98. The number of hydrogen-bond acceptors (Lipinski definition) is 4. The Kier molecular flexibility index (Phi) is 5.28. The first-order chi connectivity index (χ1) is 5.67. The Hall–Kier alpha value is -0.900. The Balaban J connectivity index is 4.43. The molecule has 0 saturated heterocycles. The first-order valence-corrected chi connectivity index (χ1v) is 4.74. The minimum atomic E-state index is -0.975. The minimum Gasteiger partial charge on any atom is -0.294 e. The van der Waals surface area contributed by atoms with E-state index in [0.717, 1.165) is 0 Å². The summed E-state index contributed by atoms with van der Waals surface area (Å²) in [4.78, 5) is 31.6. The van der Waals surface area contributed by atoms with Gasteiger partial charge in [0.1, 0.15) is 0 Å². The molecule has 4 heteroatoms. The summed E-state index contributed by atoms with van der Waals surface area (Å²) in [7, 11) is 0. The number of hydrogen-bond donors (Lipinski definition) is 0. The molecule has 0 spiro atoms.